The van der Waals surface area contributed by atoms with Gasteiger partial charge in [0.2, 0.25) is 0 Å². The number of piperidine rings is 1. The average Bonchev–Trinajstić information content (AvgIpc) is 3.54. The Kier molecular flexibility index (Phi) is 6.86. The van der Waals surface area contributed by atoms with Crippen molar-refractivity contribution in [2.45, 2.75) is 50.8 Å². The van der Waals surface area contributed by atoms with Crippen LogP contribution in [0, 0.1) is 5.41 Å². The molecule has 224 valence electrons. The van der Waals surface area contributed by atoms with Gasteiger partial charge >= 0.3 is 12.3 Å². The molecule has 0 atom stereocenters. The standard InChI is InChI=1S/C29H23Cl2F3N4O4S/c30-18-12-35-13-19(31)22(18)23-17(25(42-37-23)15-1-2-15)7-14-10-28(11-14)3-5-38(6-4-28)27-36-24-20(41-29(32,33)34)8-16(26(39)40)9-21(24)43-27/h7-9,12-13,15H,1-6,10-11H2,(H,39,40). The van der Waals surface area contributed by atoms with Crippen LogP contribution in [0.1, 0.15) is 66.1 Å². The molecule has 0 unspecified atom stereocenters. The van der Waals surface area contributed by atoms with Crippen LogP contribution in [0.15, 0.2) is 34.6 Å². The van der Waals surface area contributed by atoms with E-state index in [0.29, 0.717) is 50.1 Å². The van der Waals surface area contributed by atoms with E-state index in [1.165, 1.54) is 35.4 Å². The van der Waals surface area contributed by atoms with Crippen molar-refractivity contribution in [3.05, 3.63) is 57.0 Å². The zero-order chi connectivity index (χ0) is 30.1. The van der Waals surface area contributed by atoms with Crippen LogP contribution >= 0.6 is 34.5 Å². The van der Waals surface area contributed by atoms with Crippen LogP contribution < -0.4 is 9.64 Å². The number of halogens is 5. The summed E-state index contributed by atoms with van der Waals surface area (Å²) in [5.74, 6) is -0.752. The van der Waals surface area contributed by atoms with Crippen molar-refractivity contribution in [1.82, 2.24) is 15.1 Å². The number of carboxylic acid groups (broad SMARTS) is 1. The molecule has 4 aromatic rings. The molecule has 1 saturated heterocycles. The minimum Gasteiger partial charge on any atom is -0.478 e. The van der Waals surface area contributed by atoms with Crippen molar-refractivity contribution >= 4 is 61.9 Å². The third kappa shape index (κ3) is 5.44. The number of rotatable bonds is 6. The predicted molar refractivity (Wildman–Crippen MR) is 156 cm³/mol. The zero-order valence-electron chi connectivity index (χ0n) is 22.4. The average molecular weight is 651 g/mol. The fraction of sp³-hybridized carbons (Fsp3) is 0.379. The van der Waals surface area contributed by atoms with Crippen LogP contribution in [-0.2, 0) is 0 Å². The highest BCUT2D eigenvalue weighted by Crippen LogP contribution is 2.55. The Bertz CT molecular complexity index is 1760. The van der Waals surface area contributed by atoms with Crippen LogP contribution in [0.3, 0.4) is 0 Å². The molecule has 43 heavy (non-hydrogen) atoms. The van der Waals surface area contributed by atoms with Crippen LogP contribution in [0.5, 0.6) is 5.75 Å². The molecule has 14 heteroatoms. The van der Waals surface area contributed by atoms with Crippen molar-refractivity contribution in [2.75, 3.05) is 18.0 Å². The summed E-state index contributed by atoms with van der Waals surface area (Å²) in [4.78, 5) is 22.0. The lowest BCUT2D eigenvalue weighted by Gasteiger charge is -2.49. The Labute approximate surface area is 257 Å². The number of pyridine rings is 1. The summed E-state index contributed by atoms with van der Waals surface area (Å²) in [7, 11) is 0. The van der Waals surface area contributed by atoms with Crippen molar-refractivity contribution in [2.24, 2.45) is 5.41 Å². The lowest BCUT2D eigenvalue weighted by Crippen LogP contribution is -2.44. The number of allylic oxidation sites excluding steroid dienone is 1. The van der Waals surface area contributed by atoms with Crippen LogP contribution in [0.2, 0.25) is 10.0 Å². The first kappa shape index (κ1) is 28.4. The largest absolute Gasteiger partial charge is 0.573 e. The van der Waals surface area contributed by atoms with Crippen LogP contribution in [0.25, 0.3) is 27.6 Å². The molecule has 3 fully saturated rings. The minimum absolute atomic E-state index is 0.00173. The van der Waals surface area contributed by atoms with Gasteiger partial charge in [-0.25, -0.2) is 9.78 Å². The fourth-order valence-corrected chi connectivity index (χ4v) is 7.72. The number of aromatic nitrogens is 3. The minimum atomic E-state index is -4.97. The molecule has 8 nitrogen and oxygen atoms in total. The second-order valence-electron chi connectivity index (χ2n) is 11.4. The zero-order valence-corrected chi connectivity index (χ0v) is 24.7. The first-order chi connectivity index (χ1) is 20.5. The number of alkyl halides is 3. The van der Waals surface area contributed by atoms with Crippen molar-refractivity contribution in [1.29, 1.82) is 0 Å². The molecule has 3 aromatic heterocycles. The maximum Gasteiger partial charge on any atom is 0.573 e. The van der Waals surface area contributed by atoms with E-state index in [1.807, 2.05) is 4.90 Å². The monoisotopic (exact) mass is 650 g/mol. The number of hydrogen-bond acceptors (Lipinski definition) is 8. The molecule has 1 aliphatic heterocycles. The van der Waals surface area contributed by atoms with Gasteiger partial charge in [0.15, 0.2) is 10.9 Å². The van der Waals surface area contributed by atoms with E-state index in [0.717, 1.165) is 55.9 Å². The highest BCUT2D eigenvalue weighted by Gasteiger charge is 2.44. The van der Waals surface area contributed by atoms with E-state index in [9.17, 15) is 23.1 Å². The summed E-state index contributed by atoms with van der Waals surface area (Å²) >= 11 is 14.1. The highest BCUT2D eigenvalue weighted by atomic mass is 35.5. The quantitative estimate of drug-likeness (QED) is 0.221. The number of hydrogen-bond donors (Lipinski definition) is 1. The van der Waals surface area contributed by atoms with E-state index in [4.69, 9.17) is 27.7 Å². The molecule has 0 radical (unpaired) electrons. The Morgan fingerprint density at radius 3 is 2.49 bits per heavy atom. The number of nitrogens with zero attached hydrogens (tertiary/aromatic N) is 4. The Morgan fingerprint density at radius 2 is 1.86 bits per heavy atom. The molecule has 2 saturated carbocycles. The van der Waals surface area contributed by atoms with E-state index in [-0.39, 0.29) is 16.5 Å². The topological polar surface area (TPSA) is 102 Å². The van der Waals surface area contributed by atoms with Gasteiger partial charge in [0.1, 0.15) is 17.0 Å². The number of carbonyl (C=O) groups is 1. The molecule has 1 spiro atoms. The summed E-state index contributed by atoms with van der Waals surface area (Å²) in [5.41, 5.74) is 3.28. The van der Waals surface area contributed by atoms with E-state index < -0.39 is 18.1 Å². The van der Waals surface area contributed by atoms with Crippen molar-refractivity contribution < 1.29 is 32.3 Å². The maximum atomic E-state index is 13.0. The lowest BCUT2D eigenvalue weighted by molar-refractivity contribution is -0.274. The number of ether oxygens (including phenoxy) is 1. The molecule has 7 rings (SSSR count). The van der Waals surface area contributed by atoms with Gasteiger partial charge in [-0.15, -0.1) is 13.2 Å². The summed E-state index contributed by atoms with van der Waals surface area (Å²) in [6.45, 7) is 1.37. The number of thiazole rings is 1. The Hall–Kier alpha value is -3.35. The van der Waals surface area contributed by atoms with Gasteiger partial charge in [0.25, 0.3) is 0 Å². The third-order valence-electron chi connectivity index (χ3n) is 8.36. The van der Waals surface area contributed by atoms with Crippen molar-refractivity contribution in [3.63, 3.8) is 0 Å². The summed E-state index contributed by atoms with van der Waals surface area (Å²) in [5, 5.41) is 15.1. The Balaban J connectivity index is 1.09. The highest BCUT2D eigenvalue weighted by molar-refractivity contribution is 7.22. The molecular formula is C29H23Cl2F3N4O4S. The molecule has 0 bridgehead atoms. The van der Waals surface area contributed by atoms with Gasteiger partial charge in [-0.3, -0.25) is 4.98 Å². The van der Waals surface area contributed by atoms with Gasteiger partial charge in [0.05, 0.1) is 20.3 Å². The first-order valence-electron chi connectivity index (χ1n) is 13.7. The number of carboxylic acids is 1. The summed E-state index contributed by atoms with van der Waals surface area (Å²) in [6.07, 6.45) is 5.99. The van der Waals surface area contributed by atoms with Crippen LogP contribution in [-0.4, -0.2) is 45.7 Å². The van der Waals surface area contributed by atoms with E-state index >= 15 is 0 Å². The van der Waals surface area contributed by atoms with Gasteiger partial charge < -0.3 is 19.3 Å². The lowest BCUT2D eigenvalue weighted by atomic mass is 9.60. The molecule has 1 aromatic carbocycles. The summed E-state index contributed by atoms with van der Waals surface area (Å²) in [6, 6.07) is 2.19. The third-order valence-corrected chi connectivity index (χ3v) is 10.00. The number of anilines is 1. The predicted octanol–water partition coefficient (Wildman–Crippen LogP) is 8.59. The maximum absolute atomic E-state index is 13.0. The number of benzene rings is 1. The molecule has 0 amide bonds. The summed E-state index contributed by atoms with van der Waals surface area (Å²) < 4.78 is 49.3. The fourth-order valence-electron chi connectivity index (χ4n) is 6.10. The van der Waals surface area contributed by atoms with Gasteiger partial charge in [-0.1, -0.05) is 45.3 Å². The number of aromatic carboxylic acids is 1. The van der Waals surface area contributed by atoms with Crippen molar-refractivity contribution in [3.8, 4) is 17.0 Å². The Morgan fingerprint density at radius 1 is 1.16 bits per heavy atom. The first-order valence-corrected chi connectivity index (χ1v) is 15.2. The molecule has 2 aliphatic carbocycles. The van der Waals surface area contributed by atoms with E-state index in [2.05, 4.69) is 25.9 Å². The number of fused-ring (bicyclic) bond motifs is 1. The molecular weight excluding hydrogens is 628 g/mol. The normalized spacial score (nSPS) is 18.3. The van der Waals surface area contributed by atoms with Gasteiger partial charge in [0, 0.05) is 42.5 Å². The van der Waals surface area contributed by atoms with Crippen LogP contribution in [0.4, 0.5) is 18.3 Å². The second-order valence-corrected chi connectivity index (χ2v) is 13.2. The SMILES string of the molecule is O=C(O)c1cc(OC(F)(F)F)c2nc(N3CCC4(CC3)CC(=Cc3c(-c5c(Cl)cncc5Cl)noc3C3CC3)C4)sc2c1. The molecule has 3 aliphatic rings. The van der Waals surface area contributed by atoms with E-state index in [1.54, 1.807) is 0 Å². The molecule has 1 N–H and O–H groups in total. The van der Waals surface area contributed by atoms with Gasteiger partial charge in [-0.05, 0) is 62.1 Å². The molecule has 4 heterocycles. The smallest absolute Gasteiger partial charge is 0.478 e. The van der Waals surface area contributed by atoms with Gasteiger partial charge in [-0.2, -0.15) is 0 Å². The second kappa shape index (κ2) is 10.4.